The van der Waals surface area contributed by atoms with Gasteiger partial charge < -0.3 is 24.8 Å². The lowest BCUT2D eigenvalue weighted by Gasteiger charge is -2.39. The minimum atomic E-state index is -0.708. The number of hydrogen-bond acceptors (Lipinski definition) is 6. The molecule has 0 bridgehead atoms. The predicted molar refractivity (Wildman–Crippen MR) is 199 cm³/mol. The molecule has 7 heteroatoms. The summed E-state index contributed by atoms with van der Waals surface area (Å²) in [4.78, 5) is 25.5. The predicted octanol–water partition coefficient (Wildman–Crippen LogP) is 9.41. The van der Waals surface area contributed by atoms with Gasteiger partial charge in [0, 0.05) is 17.7 Å². The lowest BCUT2D eigenvalue weighted by molar-refractivity contribution is -0.147. The van der Waals surface area contributed by atoms with E-state index < -0.39 is 18.1 Å². The zero-order chi connectivity index (χ0) is 36.0. The summed E-state index contributed by atoms with van der Waals surface area (Å²) in [7, 11) is 1.72. The van der Waals surface area contributed by atoms with Crippen LogP contribution < -0.4 is 20.1 Å². The highest BCUT2D eigenvalue weighted by atomic mass is 16.5. The molecule has 1 aromatic carbocycles. The molecule has 0 saturated carbocycles. The molecule has 2 N–H and O–H groups in total. The number of nitrogens with one attached hydrogen (secondary N) is 2. The van der Waals surface area contributed by atoms with Crippen LogP contribution in [0.15, 0.2) is 0 Å². The minimum absolute atomic E-state index is 0.197. The Hall–Kier alpha value is -2.28. The summed E-state index contributed by atoms with van der Waals surface area (Å²) in [5.41, 5.74) is 4.25. The Morgan fingerprint density at radius 3 is 2.04 bits per heavy atom. The van der Waals surface area contributed by atoms with Gasteiger partial charge in [-0.25, -0.2) is 4.79 Å². The largest absolute Gasteiger partial charge is 0.496 e. The van der Waals surface area contributed by atoms with Gasteiger partial charge in [-0.2, -0.15) is 0 Å². The van der Waals surface area contributed by atoms with Crippen molar-refractivity contribution in [3.63, 3.8) is 0 Å². The minimum Gasteiger partial charge on any atom is -0.496 e. The third-order valence-corrected chi connectivity index (χ3v) is 10.4. The first-order chi connectivity index (χ1) is 22.6. The van der Waals surface area contributed by atoms with E-state index in [0.29, 0.717) is 13.0 Å². The molecule has 1 heterocycles. The van der Waals surface area contributed by atoms with Crippen LogP contribution in [0.3, 0.4) is 0 Å². The highest BCUT2D eigenvalue weighted by molar-refractivity contribution is 5.87. The first-order valence-electron chi connectivity index (χ1n) is 19.2. The molecule has 2 rings (SSSR count). The normalized spacial score (nSPS) is 18.5. The summed E-state index contributed by atoms with van der Waals surface area (Å²) < 4.78 is 18.0. The monoisotopic (exact) mass is 673 g/mol. The summed E-state index contributed by atoms with van der Waals surface area (Å²) in [6, 6.07) is -1.17. The van der Waals surface area contributed by atoms with Crippen molar-refractivity contribution in [2.24, 2.45) is 23.7 Å². The van der Waals surface area contributed by atoms with E-state index in [-0.39, 0.29) is 24.0 Å². The third-order valence-electron chi connectivity index (χ3n) is 10.4. The van der Waals surface area contributed by atoms with Gasteiger partial charge >= 0.3 is 5.97 Å². The van der Waals surface area contributed by atoms with Crippen molar-refractivity contribution in [1.29, 1.82) is 0 Å². The van der Waals surface area contributed by atoms with E-state index in [1.807, 2.05) is 0 Å². The fourth-order valence-corrected chi connectivity index (χ4v) is 7.22. The number of esters is 1. The number of carbonyl (C=O) groups excluding carboxylic acids is 2. The van der Waals surface area contributed by atoms with Gasteiger partial charge in [-0.1, -0.05) is 86.5 Å². The quantitative estimate of drug-likeness (QED) is 0.119. The zero-order valence-corrected chi connectivity index (χ0v) is 32.9. The van der Waals surface area contributed by atoms with Crippen molar-refractivity contribution in [2.75, 3.05) is 13.7 Å². The van der Waals surface area contributed by atoms with Crippen LogP contribution in [0.4, 0.5) is 0 Å². The second kappa shape index (κ2) is 20.4. The molecular weight excluding hydrogens is 600 g/mol. The summed E-state index contributed by atoms with van der Waals surface area (Å²) in [6.07, 6.45) is 14.1. The summed E-state index contributed by atoms with van der Waals surface area (Å²) in [5, 5.41) is 6.37. The molecule has 1 aliphatic rings. The van der Waals surface area contributed by atoms with E-state index in [1.165, 1.54) is 56.9 Å². The van der Waals surface area contributed by atoms with Crippen molar-refractivity contribution in [2.45, 2.75) is 177 Å². The molecule has 1 amide bonds. The lowest BCUT2D eigenvalue weighted by Crippen LogP contribution is -2.50. The Kier molecular flexibility index (Phi) is 17.8. The Morgan fingerprint density at radius 1 is 0.875 bits per heavy atom. The van der Waals surface area contributed by atoms with Crippen molar-refractivity contribution in [3.05, 3.63) is 22.3 Å². The average Bonchev–Trinajstić information content (AvgIpc) is 3.01. The molecule has 5 atom stereocenters. The van der Waals surface area contributed by atoms with Gasteiger partial charge in [-0.3, -0.25) is 4.79 Å². The fraction of sp³-hybridized carbons (Fsp3) is 0.805. The number of ether oxygens (including phenoxy) is 3. The van der Waals surface area contributed by atoms with E-state index >= 15 is 0 Å². The summed E-state index contributed by atoms with van der Waals surface area (Å²) in [5.74, 6) is 3.91. The van der Waals surface area contributed by atoms with E-state index in [2.05, 4.69) is 72.9 Å². The summed E-state index contributed by atoms with van der Waals surface area (Å²) >= 11 is 0. The number of hydrogen-bond donors (Lipinski definition) is 2. The van der Waals surface area contributed by atoms with Gasteiger partial charge in [0.2, 0.25) is 5.91 Å². The van der Waals surface area contributed by atoms with Crippen LogP contribution in [-0.4, -0.2) is 43.3 Å². The molecule has 0 spiro atoms. The van der Waals surface area contributed by atoms with Crippen LogP contribution in [-0.2, 0) is 27.3 Å². The summed E-state index contributed by atoms with van der Waals surface area (Å²) in [6.45, 7) is 24.4. The molecule has 0 fully saturated rings. The molecule has 0 saturated heterocycles. The van der Waals surface area contributed by atoms with Crippen molar-refractivity contribution >= 4 is 11.9 Å². The van der Waals surface area contributed by atoms with E-state index in [4.69, 9.17) is 14.2 Å². The maximum atomic E-state index is 13.3. The number of carbonyl (C=O) groups is 2. The van der Waals surface area contributed by atoms with Gasteiger partial charge in [0.15, 0.2) is 0 Å². The first-order valence-corrected chi connectivity index (χ1v) is 19.2. The zero-order valence-electron chi connectivity index (χ0n) is 32.9. The Morgan fingerprint density at radius 2 is 1.48 bits per heavy atom. The number of rotatable bonds is 22. The highest BCUT2D eigenvalue weighted by Gasteiger charge is 2.35. The highest BCUT2D eigenvalue weighted by Crippen LogP contribution is 2.45. The topological polar surface area (TPSA) is 85.9 Å². The maximum absolute atomic E-state index is 13.3. The Bertz CT molecular complexity index is 1150. The van der Waals surface area contributed by atoms with E-state index in [9.17, 15) is 9.59 Å². The molecule has 1 aromatic rings. The maximum Gasteiger partial charge on any atom is 0.328 e. The molecule has 7 nitrogen and oxygen atoms in total. The SMILES string of the molecule is CCOC(=O)[C@H](C)NC(=O)[C@H](CC(C)C)NCc1c2c(c(C)c(C)c1OC)OC(C)(CCCC(C)CCCC(C)CCCC(C)C)CC2. The van der Waals surface area contributed by atoms with Crippen LogP contribution in [0.25, 0.3) is 0 Å². The molecule has 0 radical (unpaired) electrons. The standard InChI is InChI=1S/C41H72N2O5/c1-13-47-40(45)33(10)43-39(44)36(25-28(4)5)42-26-35-34-22-24-41(11,48-38(34)32(9)31(8)37(35)46-12)23-16-21-30(7)20-15-19-29(6)18-14-17-27(2)3/h27-30,33,36,42H,13-26H2,1-12H3,(H,43,44)/t29?,30?,33-,36-,41?/m0/s1. The Labute approximate surface area is 294 Å². The molecule has 1 aliphatic heterocycles. The van der Waals surface area contributed by atoms with Crippen molar-refractivity contribution in [1.82, 2.24) is 10.6 Å². The van der Waals surface area contributed by atoms with Gasteiger partial charge in [-0.05, 0) is 102 Å². The van der Waals surface area contributed by atoms with Gasteiger partial charge in [0.1, 0.15) is 23.1 Å². The van der Waals surface area contributed by atoms with Crippen molar-refractivity contribution < 1.29 is 23.8 Å². The number of fused-ring (bicyclic) bond motifs is 1. The first kappa shape index (κ1) is 41.9. The van der Waals surface area contributed by atoms with Gasteiger partial charge in [0.05, 0.1) is 19.8 Å². The average molecular weight is 673 g/mol. The van der Waals surface area contributed by atoms with E-state index in [1.54, 1.807) is 21.0 Å². The molecule has 3 unspecified atom stereocenters. The smallest absolute Gasteiger partial charge is 0.328 e. The van der Waals surface area contributed by atoms with Crippen molar-refractivity contribution in [3.8, 4) is 11.5 Å². The lowest BCUT2D eigenvalue weighted by atomic mass is 9.83. The van der Waals surface area contributed by atoms with Crippen LogP contribution in [0.2, 0.25) is 0 Å². The molecular formula is C41H72N2O5. The second-order valence-electron chi connectivity index (χ2n) is 16.0. The third kappa shape index (κ3) is 13.2. The second-order valence-corrected chi connectivity index (χ2v) is 16.0. The van der Waals surface area contributed by atoms with Crippen LogP contribution in [0, 0.1) is 37.5 Å². The van der Waals surface area contributed by atoms with Crippen LogP contribution >= 0.6 is 0 Å². The van der Waals surface area contributed by atoms with Crippen LogP contribution in [0.1, 0.15) is 155 Å². The fourth-order valence-electron chi connectivity index (χ4n) is 7.22. The van der Waals surface area contributed by atoms with Gasteiger partial charge in [0.25, 0.3) is 0 Å². The van der Waals surface area contributed by atoms with Crippen LogP contribution in [0.5, 0.6) is 11.5 Å². The molecule has 276 valence electrons. The molecule has 0 aliphatic carbocycles. The number of methoxy groups -OCH3 is 1. The molecule has 48 heavy (non-hydrogen) atoms. The Balaban J connectivity index is 2.07. The number of amides is 1. The number of benzene rings is 1. The van der Waals surface area contributed by atoms with Gasteiger partial charge in [-0.15, -0.1) is 0 Å². The molecule has 0 aromatic heterocycles. The van der Waals surface area contributed by atoms with E-state index in [0.717, 1.165) is 65.2 Å².